The third-order valence-corrected chi connectivity index (χ3v) is 2.66. The molecule has 88 valence electrons. The Morgan fingerprint density at radius 1 is 1.27 bits per heavy atom. The van der Waals surface area contributed by atoms with Gasteiger partial charge in [-0.25, -0.2) is 0 Å². The van der Waals surface area contributed by atoms with Crippen LogP contribution in [0.5, 0.6) is 0 Å². The summed E-state index contributed by atoms with van der Waals surface area (Å²) >= 11 is 0. The smallest absolute Gasteiger partial charge is 0.325 e. The minimum absolute atomic E-state index is 0.00206. The van der Waals surface area contributed by atoms with Crippen molar-refractivity contribution in [3.63, 3.8) is 0 Å². The highest BCUT2D eigenvalue weighted by atomic mass is 16.5. The molecule has 0 aliphatic heterocycles. The number of nitrogens with two attached hydrogens (primary N) is 1. The lowest BCUT2D eigenvalue weighted by atomic mass is 9.86. The SMILES string of the molecule is CC(C)(N)C(=O)OC(C1CC1)C(C)(C)C. The molecule has 1 fully saturated rings. The van der Waals surface area contributed by atoms with E-state index in [1.165, 1.54) is 12.8 Å². The van der Waals surface area contributed by atoms with Gasteiger partial charge in [0.15, 0.2) is 0 Å². The van der Waals surface area contributed by atoms with Crippen LogP contribution in [0.4, 0.5) is 0 Å². The fourth-order valence-corrected chi connectivity index (χ4v) is 1.65. The predicted molar refractivity (Wildman–Crippen MR) is 60.3 cm³/mol. The topological polar surface area (TPSA) is 52.3 Å². The first-order chi connectivity index (χ1) is 6.62. The van der Waals surface area contributed by atoms with Gasteiger partial charge >= 0.3 is 5.97 Å². The van der Waals surface area contributed by atoms with Crippen LogP contribution in [0.15, 0.2) is 0 Å². The molecule has 0 aromatic carbocycles. The maximum atomic E-state index is 11.7. The van der Waals surface area contributed by atoms with Gasteiger partial charge in [0.2, 0.25) is 0 Å². The van der Waals surface area contributed by atoms with Crippen molar-refractivity contribution in [3.05, 3.63) is 0 Å². The molecule has 1 aliphatic carbocycles. The van der Waals surface area contributed by atoms with E-state index in [1.807, 2.05) is 0 Å². The molecule has 0 saturated heterocycles. The molecule has 0 amide bonds. The molecule has 0 spiro atoms. The molecular weight excluding hydrogens is 190 g/mol. The van der Waals surface area contributed by atoms with Gasteiger partial charge in [0, 0.05) is 0 Å². The quantitative estimate of drug-likeness (QED) is 0.730. The van der Waals surface area contributed by atoms with Gasteiger partial charge in [-0.1, -0.05) is 20.8 Å². The van der Waals surface area contributed by atoms with Crippen LogP contribution in [0, 0.1) is 11.3 Å². The Hall–Kier alpha value is -0.570. The highest BCUT2D eigenvalue weighted by Crippen LogP contribution is 2.42. The Labute approximate surface area is 92.4 Å². The zero-order valence-corrected chi connectivity index (χ0v) is 10.5. The van der Waals surface area contributed by atoms with E-state index in [9.17, 15) is 4.79 Å². The van der Waals surface area contributed by atoms with Gasteiger partial charge in [0.05, 0.1) is 0 Å². The number of ether oxygens (including phenoxy) is 1. The lowest BCUT2D eigenvalue weighted by Crippen LogP contribution is -2.46. The maximum Gasteiger partial charge on any atom is 0.325 e. The van der Waals surface area contributed by atoms with Gasteiger partial charge in [-0.05, 0) is 38.0 Å². The van der Waals surface area contributed by atoms with E-state index in [1.54, 1.807) is 13.8 Å². The molecule has 0 bridgehead atoms. The van der Waals surface area contributed by atoms with Crippen LogP contribution < -0.4 is 5.73 Å². The summed E-state index contributed by atoms with van der Waals surface area (Å²) in [7, 11) is 0. The summed E-state index contributed by atoms with van der Waals surface area (Å²) < 4.78 is 5.54. The summed E-state index contributed by atoms with van der Waals surface area (Å²) in [6, 6.07) is 0. The number of carbonyl (C=O) groups is 1. The Morgan fingerprint density at radius 2 is 1.73 bits per heavy atom. The van der Waals surface area contributed by atoms with Gasteiger partial charge in [0.25, 0.3) is 0 Å². The van der Waals surface area contributed by atoms with E-state index >= 15 is 0 Å². The Bertz CT molecular complexity index is 243. The normalized spacial score (nSPS) is 19.9. The standard InChI is InChI=1S/C12H23NO2/c1-11(2,3)9(8-6-7-8)15-10(14)12(4,5)13/h8-9H,6-7,13H2,1-5H3. The van der Waals surface area contributed by atoms with Crippen molar-refractivity contribution in [2.24, 2.45) is 17.1 Å². The highest BCUT2D eigenvalue weighted by Gasteiger charge is 2.42. The molecule has 3 nitrogen and oxygen atoms in total. The molecule has 0 radical (unpaired) electrons. The number of hydrogen-bond donors (Lipinski definition) is 1. The number of hydrogen-bond acceptors (Lipinski definition) is 3. The minimum atomic E-state index is -0.890. The fourth-order valence-electron chi connectivity index (χ4n) is 1.65. The first-order valence-corrected chi connectivity index (χ1v) is 5.62. The first kappa shape index (κ1) is 12.5. The van der Waals surface area contributed by atoms with E-state index in [0.717, 1.165) is 0 Å². The Morgan fingerprint density at radius 3 is 2.00 bits per heavy atom. The lowest BCUT2D eigenvalue weighted by Gasteiger charge is -2.32. The third kappa shape index (κ3) is 3.49. The van der Waals surface area contributed by atoms with Crippen LogP contribution in [-0.4, -0.2) is 17.6 Å². The largest absolute Gasteiger partial charge is 0.460 e. The summed E-state index contributed by atoms with van der Waals surface area (Å²) in [6.45, 7) is 9.68. The van der Waals surface area contributed by atoms with Crippen LogP contribution in [0.1, 0.15) is 47.5 Å². The van der Waals surface area contributed by atoms with Gasteiger partial charge in [-0.15, -0.1) is 0 Å². The zero-order chi connectivity index (χ0) is 11.9. The molecule has 0 heterocycles. The Kier molecular flexibility index (Phi) is 3.15. The monoisotopic (exact) mass is 213 g/mol. The average molecular weight is 213 g/mol. The molecule has 1 aliphatic rings. The number of esters is 1. The summed E-state index contributed by atoms with van der Waals surface area (Å²) in [5.74, 6) is 0.241. The van der Waals surface area contributed by atoms with Crippen molar-refractivity contribution in [1.82, 2.24) is 0 Å². The zero-order valence-electron chi connectivity index (χ0n) is 10.5. The summed E-state index contributed by atoms with van der Waals surface area (Å²) in [5, 5.41) is 0. The summed E-state index contributed by atoms with van der Waals surface area (Å²) in [5.41, 5.74) is 4.83. The minimum Gasteiger partial charge on any atom is -0.460 e. The van der Waals surface area contributed by atoms with Gasteiger partial charge in [-0.2, -0.15) is 0 Å². The van der Waals surface area contributed by atoms with Crippen molar-refractivity contribution < 1.29 is 9.53 Å². The van der Waals surface area contributed by atoms with Crippen molar-refractivity contribution in [2.75, 3.05) is 0 Å². The van der Waals surface area contributed by atoms with Crippen molar-refractivity contribution in [1.29, 1.82) is 0 Å². The molecule has 3 heteroatoms. The molecule has 2 N–H and O–H groups in total. The molecule has 1 saturated carbocycles. The molecule has 1 atom stereocenters. The molecule has 15 heavy (non-hydrogen) atoms. The van der Waals surface area contributed by atoms with Crippen molar-refractivity contribution in [2.45, 2.75) is 59.1 Å². The number of carbonyl (C=O) groups excluding carboxylic acids is 1. The fraction of sp³-hybridized carbons (Fsp3) is 0.917. The lowest BCUT2D eigenvalue weighted by molar-refractivity contribution is -0.161. The van der Waals surface area contributed by atoms with E-state index < -0.39 is 5.54 Å². The van der Waals surface area contributed by atoms with Crippen LogP contribution in [0.3, 0.4) is 0 Å². The average Bonchev–Trinajstić information content (AvgIpc) is 2.77. The van der Waals surface area contributed by atoms with Crippen LogP contribution in [0.25, 0.3) is 0 Å². The second-order valence-corrected chi connectivity index (χ2v) is 6.25. The molecule has 1 rings (SSSR count). The highest BCUT2D eigenvalue weighted by molar-refractivity contribution is 5.79. The van der Waals surface area contributed by atoms with E-state index in [2.05, 4.69) is 20.8 Å². The molecule has 1 unspecified atom stereocenters. The molecule has 0 aromatic heterocycles. The van der Waals surface area contributed by atoms with E-state index in [4.69, 9.17) is 10.5 Å². The summed E-state index contributed by atoms with van der Waals surface area (Å²) in [4.78, 5) is 11.7. The van der Waals surface area contributed by atoms with Gasteiger partial charge in [0.1, 0.15) is 11.6 Å². The predicted octanol–water partition coefficient (Wildman–Crippen LogP) is 2.09. The summed E-state index contributed by atoms with van der Waals surface area (Å²) in [6.07, 6.45) is 2.34. The van der Waals surface area contributed by atoms with Crippen molar-refractivity contribution >= 4 is 5.97 Å². The number of rotatable bonds is 3. The Balaban J connectivity index is 2.64. The molecular formula is C12H23NO2. The molecule has 0 aromatic rings. The van der Waals surface area contributed by atoms with Crippen molar-refractivity contribution in [3.8, 4) is 0 Å². The van der Waals surface area contributed by atoms with Crippen LogP contribution in [-0.2, 0) is 9.53 Å². The maximum absolute atomic E-state index is 11.7. The van der Waals surface area contributed by atoms with Gasteiger partial charge in [-0.3, -0.25) is 4.79 Å². The second kappa shape index (κ2) is 3.78. The van der Waals surface area contributed by atoms with E-state index in [-0.39, 0.29) is 17.5 Å². The van der Waals surface area contributed by atoms with Crippen LogP contribution >= 0.6 is 0 Å². The first-order valence-electron chi connectivity index (χ1n) is 5.62. The third-order valence-electron chi connectivity index (χ3n) is 2.66. The second-order valence-electron chi connectivity index (χ2n) is 6.25. The van der Waals surface area contributed by atoms with Crippen LogP contribution in [0.2, 0.25) is 0 Å². The van der Waals surface area contributed by atoms with E-state index in [0.29, 0.717) is 5.92 Å². The van der Waals surface area contributed by atoms with Gasteiger partial charge < -0.3 is 10.5 Å².